The maximum atomic E-state index is 13.1. The van der Waals surface area contributed by atoms with Crippen LogP contribution >= 0.6 is 0 Å². The van der Waals surface area contributed by atoms with Crippen molar-refractivity contribution in [2.45, 2.75) is 32.7 Å². The summed E-state index contributed by atoms with van der Waals surface area (Å²) in [5.74, 6) is 2.00. The number of H-pyrrole nitrogens is 1. The summed E-state index contributed by atoms with van der Waals surface area (Å²) in [6, 6.07) is 8.10. The summed E-state index contributed by atoms with van der Waals surface area (Å²) in [5.41, 5.74) is 1.90. The van der Waals surface area contributed by atoms with Crippen molar-refractivity contribution in [2.24, 2.45) is 0 Å². The second-order valence-corrected chi connectivity index (χ2v) is 6.99. The number of piperazine rings is 1. The predicted octanol–water partition coefficient (Wildman–Crippen LogP) is 3.17. The number of aromatic nitrogens is 2. The molecule has 0 bridgehead atoms. The minimum absolute atomic E-state index is 0.120. The zero-order valence-electron chi connectivity index (χ0n) is 15.9. The Morgan fingerprint density at radius 2 is 2.15 bits per heavy atom. The highest BCUT2D eigenvalue weighted by Crippen LogP contribution is 2.28. The van der Waals surface area contributed by atoms with Crippen molar-refractivity contribution in [1.29, 1.82) is 0 Å². The molecular formula is C21H26N4O2. The first-order valence-electron chi connectivity index (χ1n) is 9.71. The number of nitrogens with zero attached hydrogens (tertiary/aromatic N) is 3. The summed E-state index contributed by atoms with van der Waals surface area (Å²) < 4.78 is 5.96. The number of aromatic amines is 1. The molecule has 6 nitrogen and oxygen atoms in total. The fourth-order valence-corrected chi connectivity index (χ4v) is 4.04. The maximum Gasteiger partial charge on any atom is 0.227 e. The third-order valence-corrected chi connectivity index (χ3v) is 5.52. The van der Waals surface area contributed by atoms with Crippen LogP contribution in [0.2, 0.25) is 0 Å². The molecule has 1 fully saturated rings. The van der Waals surface area contributed by atoms with Gasteiger partial charge in [-0.05, 0) is 12.6 Å². The van der Waals surface area contributed by atoms with Gasteiger partial charge in [-0.1, -0.05) is 32.0 Å². The lowest BCUT2D eigenvalue weighted by Crippen LogP contribution is -2.51. The van der Waals surface area contributed by atoms with E-state index in [1.54, 1.807) is 6.20 Å². The third-order valence-electron chi connectivity index (χ3n) is 5.52. The number of hydrogen-bond acceptors (Lipinski definition) is 4. The van der Waals surface area contributed by atoms with Gasteiger partial charge in [0.1, 0.15) is 17.2 Å². The summed E-state index contributed by atoms with van der Waals surface area (Å²) in [5, 5.41) is 1.05. The van der Waals surface area contributed by atoms with E-state index in [1.807, 2.05) is 35.4 Å². The number of fused-ring (bicyclic) bond motifs is 1. The van der Waals surface area contributed by atoms with Gasteiger partial charge >= 0.3 is 0 Å². The van der Waals surface area contributed by atoms with Crippen LogP contribution in [0.15, 0.2) is 41.1 Å². The SMILES string of the molecule is CCc1oc2ccccc2c1CC(=O)N1CCN(CC)C(c2ncc[nH]2)C1. The Morgan fingerprint density at radius 3 is 2.89 bits per heavy atom. The number of para-hydroxylation sites is 1. The second-order valence-electron chi connectivity index (χ2n) is 6.99. The molecule has 142 valence electrons. The van der Waals surface area contributed by atoms with Crippen molar-refractivity contribution in [3.8, 4) is 0 Å². The molecule has 0 aliphatic carbocycles. The molecule has 1 aromatic carbocycles. The Hall–Kier alpha value is -2.60. The van der Waals surface area contributed by atoms with Gasteiger partial charge < -0.3 is 14.3 Å². The smallest absolute Gasteiger partial charge is 0.227 e. The van der Waals surface area contributed by atoms with E-state index in [-0.39, 0.29) is 11.9 Å². The van der Waals surface area contributed by atoms with Crippen LogP contribution in [0.1, 0.15) is 37.0 Å². The molecule has 0 saturated carbocycles. The van der Waals surface area contributed by atoms with Crippen LogP contribution in [-0.2, 0) is 17.6 Å². The Bertz CT molecular complexity index is 916. The van der Waals surface area contributed by atoms with E-state index in [0.29, 0.717) is 13.0 Å². The van der Waals surface area contributed by atoms with E-state index in [0.717, 1.165) is 54.2 Å². The number of rotatable bonds is 5. The second kappa shape index (κ2) is 7.56. The topological polar surface area (TPSA) is 65.4 Å². The van der Waals surface area contributed by atoms with Crippen LogP contribution < -0.4 is 0 Å². The highest BCUT2D eigenvalue weighted by Gasteiger charge is 2.31. The monoisotopic (exact) mass is 366 g/mol. The number of amides is 1. The normalized spacial score (nSPS) is 18.3. The molecule has 3 aromatic rings. The van der Waals surface area contributed by atoms with Crippen LogP contribution in [0.5, 0.6) is 0 Å². The van der Waals surface area contributed by atoms with Gasteiger partial charge in [-0.2, -0.15) is 0 Å². The number of benzene rings is 1. The van der Waals surface area contributed by atoms with Gasteiger partial charge in [0.25, 0.3) is 0 Å². The molecule has 1 unspecified atom stereocenters. The van der Waals surface area contributed by atoms with Gasteiger partial charge in [0.15, 0.2) is 0 Å². The Kier molecular flexibility index (Phi) is 4.99. The number of furan rings is 1. The Morgan fingerprint density at radius 1 is 1.30 bits per heavy atom. The molecule has 0 spiro atoms. The predicted molar refractivity (Wildman–Crippen MR) is 104 cm³/mol. The van der Waals surface area contributed by atoms with Gasteiger partial charge in [0, 0.05) is 49.4 Å². The summed E-state index contributed by atoms with van der Waals surface area (Å²) in [7, 11) is 0. The first kappa shape index (κ1) is 17.8. The molecule has 0 radical (unpaired) electrons. The van der Waals surface area contributed by atoms with Crippen LogP contribution in [-0.4, -0.2) is 51.9 Å². The van der Waals surface area contributed by atoms with Crippen molar-refractivity contribution >= 4 is 16.9 Å². The van der Waals surface area contributed by atoms with Gasteiger partial charge in [0.2, 0.25) is 5.91 Å². The molecule has 6 heteroatoms. The lowest BCUT2D eigenvalue weighted by molar-refractivity contribution is -0.133. The number of carbonyl (C=O) groups is 1. The lowest BCUT2D eigenvalue weighted by Gasteiger charge is -2.40. The van der Waals surface area contributed by atoms with E-state index in [1.165, 1.54) is 0 Å². The van der Waals surface area contributed by atoms with Crippen LogP contribution in [0.4, 0.5) is 0 Å². The van der Waals surface area contributed by atoms with Crippen LogP contribution in [0.3, 0.4) is 0 Å². The summed E-state index contributed by atoms with van der Waals surface area (Å²) in [6.45, 7) is 7.44. The molecule has 1 aliphatic rings. The fraction of sp³-hybridized carbons (Fsp3) is 0.429. The summed E-state index contributed by atoms with van der Waals surface area (Å²) >= 11 is 0. The largest absolute Gasteiger partial charge is 0.461 e. The average Bonchev–Trinajstić information content (AvgIpc) is 3.36. The standard InChI is InChI=1S/C21H26N4O2/c1-3-18-16(15-7-5-6-8-19(15)27-18)13-20(26)25-12-11-24(4-2)17(14-25)21-22-9-10-23-21/h5-10,17H,3-4,11-14H2,1-2H3,(H,22,23). The molecule has 2 aromatic heterocycles. The van der Waals surface area contributed by atoms with Crippen molar-refractivity contribution in [3.63, 3.8) is 0 Å². The zero-order chi connectivity index (χ0) is 18.8. The van der Waals surface area contributed by atoms with Crippen LogP contribution in [0, 0.1) is 0 Å². The van der Waals surface area contributed by atoms with Gasteiger partial charge in [-0.3, -0.25) is 9.69 Å². The molecule has 1 saturated heterocycles. The summed E-state index contributed by atoms with van der Waals surface area (Å²) in [4.78, 5) is 25.1. The highest BCUT2D eigenvalue weighted by molar-refractivity contribution is 5.88. The van der Waals surface area contributed by atoms with Crippen LogP contribution in [0.25, 0.3) is 11.0 Å². The van der Waals surface area contributed by atoms with Crippen molar-refractivity contribution < 1.29 is 9.21 Å². The van der Waals surface area contributed by atoms with E-state index in [9.17, 15) is 4.79 Å². The van der Waals surface area contributed by atoms with E-state index >= 15 is 0 Å². The summed E-state index contributed by atoms with van der Waals surface area (Å²) in [6.07, 6.45) is 4.79. The fourth-order valence-electron chi connectivity index (χ4n) is 4.04. The van der Waals surface area contributed by atoms with Gasteiger partial charge in [-0.15, -0.1) is 0 Å². The molecule has 1 amide bonds. The molecule has 4 rings (SSSR count). The first-order chi connectivity index (χ1) is 13.2. The molecule has 1 N–H and O–H groups in total. The number of nitrogens with one attached hydrogen (secondary N) is 1. The molecule has 3 heterocycles. The number of aryl methyl sites for hydroxylation is 1. The number of hydrogen-bond donors (Lipinski definition) is 1. The molecule has 1 atom stereocenters. The zero-order valence-corrected chi connectivity index (χ0v) is 15.9. The number of likely N-dealkylation sites (N-methyl/N-ethyl adjacent to an activating group) is 1. The van der Waals surface area contributed by atoms with Crippen molar-refractivity contribution in [2.75, 3.05) is 26.2 Å². The number of imidazole rings is 1. The Labute approximate surface area is 159 Å². The molecular weight excluding hydrogens is 340 g/mol. The van der Waals surface area contributed by atoms with Crippen molar-refractivity contribution in [3.05, 3.63) is 53.8 Å². The minimum atomic E-state index is 0.120. The average molecular weight is 366 g/mol. The highest BCUT2D eigenvalue weighted by atomic mass is 16.3. The number of carbonyl (C=O) groups excluding carboxylic acids is 1. The van der Waals surface area contributed by atoms with Gasteiger partial charge in [0.05, 0.1) is 12.5 Å². The molecule has 1 aliphatic heterocycles. The first-order valence-corrected chi connectivity index (χ1v) is 9.71. The van der Waals surface area contributed by atoms with E-state index in [2.05, 4.69) is 28.7 Å². The lowest BCUT2D eigenvalue weighted by atomic mass is 10.0. The quantitative estimate of drug-likeness (QED) is 0.753. The van der Waals surface area contributed by atoms with Crippen molar-refractivity contribution in [1.82, 2.24) is 19.8 Å². The van der Waals surface area contributed by atoms with E-state index < -0.39 is 0 Å². The molecule has 27 heavy (non-hydrogen) atoms. The Balaban J connectivity index is 1.55. The minimum Gasteiger partial charge on any atom is -0.461 e. The maximum absolute atomic E-state index is 13.1. The van der Waals surface area contributed by atoms with E-state index in [4.69, 9.17) is 4.42 Å². The third kappa shape index (κ3) is 3.37. The van der Waals surface area contributed by atoms with Gasteiger partial charge in [-0.25, -0.2) is 4.98 Å².